The van der Waals surface area contributed by atoms with E-state index in [9.17, 15) is 9.59 Å². The second-order valence-electron chi connectivity index (χ2n) is 4.82. The number of carbonyl (C=O) groups excluding carboxylic acids is 1. The first-order valence-corrected chi connectivity index (χ1v) is 6.88. The molecule has 3 aromatic rings. The molecule has 0 aliphatic carbocycles. The van der Waals surface area contributed by atoms with Crippen LogP contribution in [0.4, 0.5) is 0 Å². The number of ether oxygens (including phenoxy) is 1. The maximum atomic E-state index is 12.0. The first-order chi connectivity index (χ1) is 10.7. The van der Waals surface area contributed by atoms with E-state index in [1.165, 1.54) is 10.8 Å². The van der Waals surface area contributed by atoms with Gasteiger partial charge in [-0.1, -0.05) is 42.5 Å². The first kappa shape index (κ1) is 14.0. The number of benzene rings is 2. The summed E-state index contributed by atoms with van der Waals surface area (Å²) >= 11 is 0. The largest absolute Gasteiger partial charge is 0.459 e. The van der Waals surface area contributed by atoms with Gasteiger partial charge in [0, 0.05) is 0 Å². The summed E-state index contributed by atoms with van der Waals surface area (Å²) in [5.41, 5.74) is 1.86. The van der Waals surface area contributed by atoms with E-state index < -0.39 is 5.97 Å². The molecule has 110 valence electrons. The molecule has 0 aliphatic heterocycles. The number of aromatic nitrogens is 2. The van der Waals surface area contributed by atoms with E-state index in [0.29, 0.717) is 11.0 Å². The SMILES string of the molecule is O=C(Cn1c(=O)cnc2ccccc21)OCc1ccccc1. The van der Waals surface area contributed by atoms with Crippen molar-refractivity contribution in [3.8, 4) is 0 Å². The number of esters is 1. The molecule has 0 saturated carbocycles. The molecule has 0 atom stereocenters. The molecule has 1 aromatic heterocycles. The zero-order valence-corrected chi connectivity index (χ0v) is 11.8. The number of hydrogen-bond acceptors (Lipinski definition) is 4. The maximum absolute atomic E-state index is 12.0. The van der Waals surface area contributed by atoms with Crippen LogP contribution in [0.15, 0.2) is 65.6 Å². The molecule has 2 aromatic carbocycles. The van der Waals surface area contributed by atoms with Gasteiger partial charge in [-0.05, 0) is 17.7 Å². The van der Waals surface area contributed by atoms with Crippen molar-refractivity contribution in [3.63, 3.8) is 0 Å². The summed E-state index contributed by atoms with van der Waals surface area (Å²) in [6, 6.07) is 16.6. The van der Waals surface area contributed by atoms with Crippen molar-refractivity contribution < 1.29 is 9.53 Å². The lowest BCUT2D eigenvalue weighted by Crippen LogP contribution is -2.25. The molecule has 1 heterocycles. The minimum absolute atomic E-state index is 0.130. The lowest BCUT2D eigenvalue weighted by molar-refractivity contribution is -0.145. The van der Waals surface area contributed by atoms with Crippen molar-refractivity contribution in [2.45, 2.75) is 13.2 Å². The number of hydrogen-bond donors (Lipinski definition) is 0. The molecule has 0 saturated heterocycles. The van der Waals surface area contributed by atoms with E-state index in [-0.39, 0.29) is 18.7 Å². The Hall–Kier alpha value is -2.95. The highest BCUT2D eigenvalue weighted by molar-refractivity contribution is 5.77. The third-order valence-corrected chi connectivity index (χ3v) is 3.28. The van der Waals surface area contributed by atoms with Crippen LogP contribution in [0.1, 0.15) is 5.56 Å². The molecule has 5 nitrogen and oxygen atoms in total. The van der Waals surface area contributed by atoms with Crippen LogP contribution in [0.2, 0.25) is 0 Å². The van der Waals surface area contributed by atoms with Crippen LogP contribution in [0.5, 0.6) is 0 Å². The predicted octanol–water partition coefficient (Wildman–Crippen LogP) is 2.14. The lowest BCUT2D eigenvalue weighted by Gasteiger charge is -2.09. The number of carbonyl (C=O) groups is 1. The third-order valence-electron chi connectivity index (χ3n) is 3.28. The molecule has 0 spiro atoms. The van der Waals surface area contributed by atoms with Crippen molar-refractivity contribution in [1.29, 1.82) is 0 Å². The van der Waals surface area contributed by atoms with Gasteiger partial charge in [-0.25, -0.2) is 4.98 Å². The highest BCUT2D eigenvalue weighted by Crippen LogP contribution is 2.08. The van der Waals surface area contributed by atoms with E-state index in [1.807, 2.05) is 36.4 Å². The fraction of sp³-hybridized carbons (Fsp3) is 0.118. The standard InChI is InChI=1S/C17H14N2O3/c20-16-10-18-14-8-4-5-9-15(14)19(16)11-17(21)22-12-13-6-2-1-3-7-13/h1-10H,11-12H2. The van der Waals surface area contributed by atoms with Gasteiger partial charge < -0.3 is 4.74 Å². The molecule has 0 amide bonds. The van der Waals surface area contributed by atoms with E-state index in [2.05, 4.69) is 4.98 Å². The van der Waals surface area contributed by atoms with Crippen LogP contribution in [-0.2, 0) is 22.7 Å². The van der Waals surface area contributed by atoms with E-state index in [4.69, 9.17) is 4.74 Å². The minimum Gasteiger partial charge on any atom is -0.459 e. The summed E-state index contributed by atoms with van der Waals surface area (Å²) in [7, 11) is 0. The van der Waals surface area contributed by atoms with Crippen LogP contribution < -0.4 is 5.56 Å². The number of para-hydroxylation sites is 2. The van der Waals surface area contributed by atoms with Gasteiger partial charge in [0.05, 0.1) is 17.2 Å². The number of nitrogens with zero attached hydrogens (tertiary/aromatic N) is 2. The monoisotopic (exact) mass is 294 g/mol. The molecule has 22 heavy (non-hydrogen) atoms. The molecule has 0 N–H and O–H groups in total. The van der Waals surface area contributed by atoms with E-state index in [0.717, 1.165) is 5.56 Å². The van der Waals surface area contributed by atoms with Gasteiger partial charge in [-0.15, -0.1) is 0 Å². The first-order valence-electron chi connectivity index (χ1n) is 6.88. The lowest BCUT2D eigenvalue weighted by atomic mass is 10.2. The van der Waals surface area contributed by atoms with E-state index in [1.54, 1.807) is 18.2 Å². The summed E-state index contributed by atoms with van der Waals surface area (Å²) in [5.74, 6) is -0.456. The Balaban J connectivity index is 1.77. The van der Waals surface area contributed by atoms with Crippen LogP contribution in [0, 0.1) is 0 Å². The van der Waals surface area contributed by atoms with Crippen LogP contribution in [-0.4, -0.2) is 15.5 Å². The molecule has 0 aliphatic rings. The Morgan fingerprint density at radius 3 is 2.59 bits per heavy atom. The smallest absolute Gasteiger partial charge is 0.326 e. The average molecular weight is 294 g/mol. The Morgan fingerprint density at radius 2 is 1.77 bits per heavy atom. The second-order valence-corrected chi connectivity index (χ2v) is 4.82. The van der Waals surface area contributed by atoms with Crippen molar-refractivity contribution in [2.24, 2.45) is 0 Å². The van der Waals surface area contributed by atoms with Gasteiger partial charge in [0.25, 0.3) is 5.56 Å². The molecular formula is C17H14N2O3. The summed E-state index contributed by atoms with van der Waals surface area (Å²) in [5, 5.41) is 0. The van der Waals surface area contributed by atoms with Crippen molar-refractivity contribution in [1.82, 2.24) is 9.55 Å². The molecule has 0 radical (unpaired) electrons. The quantitative estimate of drug-likeness (QED) is 0.692. The summed E-state index contributed by atoms with van der Waals surface area (Å²) in [4.78, 5) is 28.0. The van der Waals surface area contributed by atoms with Crippen molar-refractivity contribution in [2.75, 3.05) is 0 Å². The van der Waals surface area contributed by atoms with Crippen molar-refractivity contribution in [3.05, 3.63) is 76.7 Å². The molecular weight excluding hydrogens is 280 g/mol. The van der Waals surface area contributed by atoms with Crippen LogP contribution in [0.25, 0.3) is 11.0 Å². The summed E-state index contributed by atoms with van der Waals surface area (Å²) in [6.07, 6.45) is 1.22. The third kappa shape index (κ3) is 3.03. The van der Waals surface area contributed by atoms with E-state index >= 15 is 0 Å². The topological polar surface area (TPSA) is 61.2 Å². The highest BCUT2D eigenvalue weighted by Gasteiger charge is 2.09. The number of rotatable bonds is 4. The Morgan fingerprint density at radius 1 is 1.05 bits per heavy atom. The van der Waals surface area contributed by atoms with Gasteiger partial charge in [-0.2, -0.15) is 0 Å². The van der Waals surface area contributed by atoms with Crippen LogP contribution in [0.3, 0.4) is 0 Å². The molecule has 5 heteroatoms. The van der Waals surface area contributed by atoms with Gasteiger partial charge in [-0.3, -0.25) is 14.2 Å². The maximum Gasteiger partial charge on any atom is 0.326 e. The molecule has 0 fully saturated rings. The normalized spacial score (nSPS) is 10.5. The fourth-order valence-electron chi connectivity index (χ4n) is 2.19. The summed E-state index contributed by atoms with van der Waals surface area (Å²) < 4.78 is 6.59. The number of fused-ring (bicyclic) bond motifs is 1. The summed E-state index contributed by atoms with van der Waals surface area (Å²) in [6.45, 7) is 0.0616. The van der Waals surface area contributed by atoms with Gasteiger partial charge >= 0.3 is 5.97 Å². The highest BCUT2D eigenvalue weighted by atomic mass is 16.5. The van der Waals surface area contributed by atoms with Crippen molar-refractivity contribution >= 4 is 17.0 Å². The van der Waals surface area contributed by atoms with Gasteiger partial charge in [0.2, 0.25) is 0 Å². The predicted molar refractivity (Wildman–Crippen MR) is 82.2 cm³/mol. The van der Waals surface area contributed by atoms with Gasteiger partial charge in [0.15, 0.2) is 0 Å². The molecule has 0 unspecified atom stereocenters. The molecule has 0 bridgehead atoms. The zero-order chi connectivity index (χ0) is 15.4. The Labute approximate surface area is 126 Å². The van der Waals surface area contributed by atoms with Gasteiger partial charge in [0.1, 0.15) is 13.2 Å². The second kappa shape index (κ2) is 6.22. The Kier molecular flexibility index (Phi) is 3.96. The van der Waals surface area contributed by atoms with Crippen LogP contribution >= 0.6 is 0 Å². The average Bonchev–Trinajstić information content (AvgIpc) is 2.56. The minimum atomic E-state index is -0.456. The fourth-order valence-corrected chi connectivity index (χ4v) is 2.19. The molecule has 3 rings (SSSR count). The zero-order valence-electron chi connectivity index (χ0n) is 11.8. The Bertz CT molecular complexity index is 856.